The van der Waals surface area contributed by atoms with Crippen LogP contribution < -0.4 is 9.64 Å². The molecule has 0 unspecified atom stereocenters. The Morgan fingerprint density at radius 1 is 1.11 bits per heavy atom. The monoisotopic (exact) mass is 365 g/mol. The lowest BCUT2D eigenvalue weighted by Gasteiger charge is -2.25. The van der Waals surface area contributed by atoms with Gasteiger partial charge in [0.25, 0.3) is 5.89 Å². The van der Waals surface area contributed by atoms with Crippen molar-refractivity contribution in [3.63, 3.8) is 0 Å². The molecule has 138 valence electrons. The van der Waals surface area contributed by atoms with Gasteiger partial charge in [-0.3, -0.25) is 0 Å². The molecule has 1 saturated heterocycles. The predicted octanol–water partition coefficient (Wildman–Crippen LogP) is 3.53. The molecule has 4 rings (SSSR count). The third-order valence-electron chi connectivity index (χ3n) is 4.29. The molecule has 0 aliphatic carbocycles. The smallest absolute Gasteiger partial charge is 0.266 e. The summed E-state index contributed by atoms with van der Waals surface area (Å²) in [5, 5.41) is 9.36. The lowest BCUT2D eigenvalue weighted by molar-refractivity contribution is 0.120. The quantitative estimate of drug-likeness (QED) is 0.684. The van der Waals surface area contributed by atoms with Crippen LogP contribution in [0.4, 0.5) is 5.88 Å². The van der Waals surface area contributed by atoms with E-state index in [0.29, 0.717) is 50.3 Å². The van der Waals surface area contributed by atoms with Crippen LogP contribution in [-0.4, -0.2) is 31.3 Å². The minimum absolute atomic E-state index is 0.251. The minimum Gasteiger partial charge on any atom is -0.486 e. The first-order valence-electron chi connectivity index (χ1n) is 8.75. The summed E-state index contributed by atoms with van der Waals surface area (Å²) in [6.45, 7) is 4.85. The summed E-state index contributed by atoms with van der Waals surface area (Å²) in [6.07, 6.45) is 0. The average Bonchev–Trinajstić information content (AvgIpc) is 3.35. The van der Waals surface area contributed by atoms with Crippen LogP contribution in [0, 0.1) is 18.3 Å². The lowest BCUT2D eigenvalue weighted by atomic mass is 10.2. The number of ether oxygens (including phenoxy) is 2. The molecule has 0 atom stereocenters. The summed E-state index contributed by atoms with van der Waals surface area (Å²) in [7, 11) is 0. The molecule has 0 amide bonds. The number of nitrogens with zero attached hydrogens (tertiary/aromatic N) is 3. The van der Waals surface area contributed by atoms with E-state index < -0.39 is 0 Å². The molecule has 0 N–H and O–H groups in total. The second-order valence-corrected chi connectivity index (χ2v) is 6.25. The molecular weight excluding hydrogens is 346 g/mol. The molecule has 27 heavy (non-hydrogen) atoms. The molecule has 1 aliphatic rings. The zero-order chi connectivity index (χ0) is 18.6. The van der Waals surface area contributed by atoms with Crippen LogP contribution in [0.15, 0.2) is 45.2 Å². The Kier molecular flexibility index (Phi) is 4.81. The zero-order valence-corrected chi connectivity index (χ0v) is 15.0. The molecule has 2 aromatic heterocycles. The Hall–Kier alpha value is -3.24. The van der Waals surface area contributed by atoms with E-state index in [4.69, 9.17) is 18.3 Å². The van der Waals surface area contributed by atoms with E-state index in [1.165, 1.54) is 5.56 Å². The Morgan fingerprint density at radius 2 is 1.89 bits per heavy atom. The number of benzene rings is 1. The topological polar surface area (TPSA) is 84.7 Å². The number of morpholine rings is 1. The van der Waals surface area contributed by atoms with Crippen molar-refractivity contribution < 1.29 is 18.3 Å². The predicted molar refractivity (Wildman–Crippen MR) is 97.5 cm³/mol. The van der Waals surface area contributed by atoms with Crippen LogP contribution in [0.1, 0.15) is 17.0 Å². The van der Waals surface area contributed by atoms with E-state index in [2.05, 4.69) is 11.1 Å². The van der Waals surface area contributed by atoms with Gasteiger partial charge < -0.3 is 23.2 Å². The molecule has 1 fully saturated rings. The van der Waals surface area contributed by atoms with Gasteiger partial charge in [-0.15, -0.1) is 0 Å². The van der Waals surface area contributed by atoms with Gasteiger partial charge >= 0.3 is 0 Å². The standard InChI is InChI=1S/C20H19N3O4/c1-14-2-4-15(5-3-14)25-13-16-6-7-18(26-16)19-22-17(12-21)20(27-19)23-8-10-24-11-9-23/h2-7H,8-11,13H2,1H3. The van der Waals surface area contributed by atoms with E-state index in [-0.39, 0.29) is 11.6 Å². The molecular formula is C20H19N3O4. The van der Waals surface area contributed by atoms with Crippen molar-refractivity contribution in [3.8, 4) is 23.5 Å². The summed E-state index contributed by atoms with van der Waals surface area (Å²) in [5.41, 5.74) is 1.43. The van der Waals surface area contributed by atoms with Crippen molar-refractivity contribution >= 4 is 5.88 Å². The van der Waals surface area contributed by atoms with Gasteiger partial charge in [-0.05, 0) is 31.2 Å². The highest BCUT2D eigenvalue weighted by molar-refractivity contribution is 5.56. The van der Waals surface area contributed by atoms with Gasteiger partial charge in [0, 0.05) is 13.1 Å². The molecule has 7 nitrogen and oxygen atoms in total. The number of oxazole rings is 1. The first-order valence-corrected chi connectivity index (χ1v) is 8.75. The largest absolute Gasteiger partial charge is 0.486 e. The third kappa shape index (κ3) is 3.81. The van der Waals surface area contributed by atoms with Crippen LogP contribution in [-0.2, 0) is 11.3 Å². The maximum Gasteiger partial charge on any atom is 0.266 e. The summed E-state index contributed by atoms with van der Waals surface area (Å²) < 4.78 is 22.7. The number of rotatable bonds is 5. The summed E-state index contributed by atoms with van der Waals surface area (Å²) in [4.78, 5) is 6.23. The van der Waals surface area contributed by atoms with Gasteiger partial charge in [0.2, 0.25) is 11.6 Å². The first-order chi connectivity index (χ1) is 13.2. The molecule has 1 aliphatic heterocycles. The van der Waals surface area contributed by atoms with Crippen molar-refractivity contribution in [1.82, 2.24) is 4.98 Å². The van der Waals surface area contributed by atoms with Gasteiger partial charge in [-0.2, -0.15) is 10.2 Å². The SMILES string of the molecule is Cc1ccc(OCc2ccc(-c3nc(C#N)c(N4CCOCC4)o3)o2)cc1. The van der Waals surface area contributed by atoms with Gasteiger partial charge in [0.1, 0.15) is 24.2 Å². The van der Waals surface area contributed by atoms with Crippen LogP contribution in [0.5, 0.6) is 5.75 Å². The van der Waals surface area contributed by atoms with E-state index in [1.54, 1.807) is 6.07 Å². The summed E-state index contributed by atoms with van der Waals surface area (Å²) >= 11 is 0. The Balaban J connectivity index is 1.48. The first kappa shape index (κ1) is 17.2. The Bertz CT molecular complexity index is 947. The summed E-state index contributed by atoms with van der Waals surface area (Å²) in [5.74, 6) is 2.64. The van der Waals surface area contributed by atoms with Gasteiger partial charge in [-0.1, -0.05) is 17.7 Å². The van der Waals surface area contributed by atoms with Gasteiger partial charge in [-0.25, -0.2) is 0 Å². The zero-order valence-electron chi connectivity index (χ0n) is 15.0. The molecule has 3 aromatic rings. The Morgan fingerprint density at radius 3 is 2.63 bits per heavy atom. The number of hydrogen-bond donors (Lipinski definition) is 0. The number of aromatic nitrogens is 1. The van der Waals surface area contributed by atoms with Crippen molar-refractivity contribution in [3.05, 3.63) is 53.4 Å². The molecule has 1 aromatic carbocycles. The molecule has 7 heteroatoms. The molecule has 0 radical (unpaired) electrons. The fourth-order valence-electron chi connectivity index (χ4n) is 2.83. The van der Waals surface area contributed by atoms with E-state index >= 15 is 0 Å². The minimum atomic E-state index is 0.251. The highest BCUT2D eigenvalue weighted by Crippen LogP contribution is 2.30. The number of furan rings is 1. The molecule has 0 spiro atoms. The second kappa shape index (κ2) is 7.56. The van der Waals surface area contributed by atoms with Crippen LogP contribution >= 0.6 is 0 Å². The van der Waals surface area contributed by atoms with E-state index in [9.17, 15) is 5.26 Å². The van der Waals surface area contributed by atoms with Crippen molar-refractivity contribution in [2.75, 3.05) is 31.2 Å². The van der Waals surface area contributed by atoms with Crippen LogP contribution in [0.25, 0.3) is 11.7 Å². The van der Waals surface area contributed by atoms with Crippen molar-refractivity contribution in [1.29, 1.82) is 5.26 Å². The highest BCUT2D eigenvalue weighted by atomic mass is 16.5. The fraction of sp³-hybridized carbons (Fsp3) is 0.300. The second-order valence-electron chi connectivity index (χ2n) is 6.25. The lowest BCUT2D eigenvalue weighted by Crippen LogP contribution is -2.36. The normalized spacial score (nSPS) is 14.1. The molecule has 0 saturated carbocycles. The maximum absolute atomic E-state index is 9.36. The van der Waals surface area contributed by atoms with Crippen LogP contribution in [0.2, 0.25) is 0 Å². The number of nitriles is 1. The van der Waals surface area contributed by atoms with Crippen molar-refractivity contribution in [2.45, 2.75) is 13.5 Å². The number of aryl methyl sites for hydroxylation is 1. The maximum atomic E-state index is 9.36. The third-order valence-corrected chi connectivity index (χ3v) is 4.29. The van der Waals surface area contributed by atoms with E-state index in [0.717, 1.165) is 5.75 Å². The Labute approximate surface area is 156 Å². The van der Waals surface area contributed by atoms with E-state index in [1.807, 2.05) is 42.2 Å². The summed E-state index contributed by atoms with van der Waals surface area (Å²) in [6, 6.07) is 13.5. The molecule has 3 heterocycles. The van der Waals surface area contributed by atoms with Crippen molar-refractivity contribution in [2.24, 2.45) is 0 Å². The number of anilines is 1. The highest BCUT2D eigenvalue weighted by Gasteiger charge is 2.23. The average molecular weight is 365 g/mol. The fourth-order valence-corrected chi connectivity index (χ4v) is 2.83. The van der Waals surface area contributed by atoms with Gasteiger partial charge in [0.15, 0.2) is 5.76 Å². The number of hydrogen-bond acceptors (Lipinski definition) is 7. The molecule has 0 bridgehead atoms. The van der Waals surface area contributed by atoms with Crippen LogP contribution in [0.3, 0.4) is 0 Å². The van der Waals surface area contributed by atoms with Gasteiger partial charge in [0.05, 0.1) is 13.2 Å².